The largest absolute Gasteiger partial charge is 0.377 e. The van der Waals surface area contributed by atoms with Gasteiger partial charge in [0.2, 0.25) is 0 Å². The molecule has 0 spiro atoms. The van der Waals surface area contributed by atoms with Crippen LogP contribution in [0.2, 0.25) is 0 Å². The third-order valence-corrected chi connectivity index (χ3v) is 3.90. The molecule has 0 aliphatic carbocycles. The number of hydrogen-bond donors (Lipinski definition) is 0. The molecule has 0 N–H and O–H groups in total. The molecule has 0 unspecified atom stereocenters. The van der Waals surface area contributed by atoms with E-state index in [9.17, 15) is 4.39 Å². The topological polar surface area (TPSA) is 12.5 Å². The molecule has 0 saturated carbocycles. The summed E-state index contributed by atoms with van der Waals surface area (Å²) in [6.07, 6.45) is 4.81. The fourth-order valence-electron chi connectivity index (χ4n) is 3.10. The molecule has 2 saturated heterocycles. The van der Waals surface area contributed by atoms with Gasteiger partial charge < -0.3 is 4.74 Å². The fraction of sp³-hybridized carbons (Fsp3) is 1.00. The van der Waals surface area contributed by atoms with E-state index in [4.69, 9.17) is 4.74 Å². The van der Waals surface area contributed by atoms with Crippen molar-refractivity contribution < 1.29 is 9.13 Å². The van der Waals surface area contributed by atoms with E-state index in [-0.39, 0.29) is 24.4 Å². The zero-order valence-corrected chi connectivity index (χ0v) is 9.84. The van der Waals surface area contributed by atoms with Gasteiger partial charge in [-0.3, -0.25) is 4.90 Å². The SMILES string of the molecule is CC(C)OC[C@@]12CCCN1[C@H](CF)CC2. The third kappa shape index (κ3) is 2.04. The molecular weight excluding hydrogens is 193 g/mol. The van der Waals surface area contributed by atoms with E-state index in [0.29, 0.717) is 0 Å². The van der Waals surface area contributed by atoms with Crippen LogP contribution >= 0.6 is 0 Å². The molecule has 0 amide bonds. The van der Waals surface area contributed by atoms with Crippen LogP contribution in [-0.4, -0.2) is 42.4 Å². The Morgan fingerprint density at radius 2 is 2.27 bits per heavy atom. The Labute approximate surface area is 91.8 Å². The Kier molecular flexibility index (Phi) is 3.31. The van der Waals surface area contributed by atoms with Crippen molar-refractivity contribution in [2.75, 3.05) is 19.8 Å². The predicted molar refractivity (Wildman–Crippen MR) is 58.8 cm³/mol. The van der Waals surface area contributed by atoms with Gasteiger partial charge in [0.1, 0.15) is 6.67 Å². The Balaban J connectivity index is 2.00. The van der Waals surface area contributed by atoms with Crippen LogP contribution in [0.5, 0.6) is 0 Å². The Morgan fingerprint density at radius 3 is 2.93 bits per heavy atom. The van der Waals surface area contributed by atoms with Crippen molar-refractivity contribution in [1.29, 1.82) is 0 Å². The van der Waals surface area contributed by atoms with Crippen LogP contribution in [0, 0.1) is 0 Å². The molecule has 88 valence electrons. The first-order valence-electron chi connectivity index (χ1n) is 6.12. The van der Waals surface area contributed by atoms with Crippen molar-refractivity contribution in [2.24, 2.45) is 0 Å². The highest BCUT2D eigenvalue weighted by molar-refractivity contribution is 5.04. The lowest BCUT2D eigenvalue weighted by molar-refractivity contribution is -0.00690. The molecule has 2 aliphatic heterocycles. The van der Waals surface area contributed by atoms with Crippen molar-refractivity contribution in [3.05, 3.63) is 0 Å². The van der Waals surface area contributed by atoms with Gasteiger partial charge in [-0.25, -0.2) is 4.39 Å². The van der Waals surface area contributed by atoms with E-state index in [0.717, 1.165) is 26.0 Å². The average Bonchev–Trinajstić information content (AvgIpc) is 2.72. The van der Waals surface area contributed by atoms with Crippen molar-refractivity contribution in [1.82, 2.24) is 4.90 Å². The summed E-state index contributed by atoms with van der Waals surface area (Å²) in [6.45, 7) is 5.80. The van der Waals surface area contributed by atoms with E-state index in [1.165, 1.54) is 12.8 Å². The molecular formula is C12H22FNO. The number of nitrogens with zero attached hydrogens (tertiary/aromatic N) is 1. The summed E-state index contributed by atoms with van der Waals surface area (Å²) in [4.78, 5) is 2.37. The molecule has 2 heterocycles. The normalized spacial score (nSPS) is 36.4. The number of fused-ring (bicyclic) bond motifs is 1. The molecule has 2 fully saturated rings. The lowest BCUT2D eigenvalue weighted by atomic mass is 9.95. The van der Waals surface area contributed by atoms with Gasteiger partial charge in [-0.15, -0.1) is 0 Å². The van der Waals surface area contributed by atoms with Gasteiger partial charge in [-0.05, 0) is 46.1 Å². The molecule has 0 aromatic heterocycles. The Bertz CT molecular complexity index is 222. The predicted octanol–water partition coefficient (Wildman–Crippen LogP) is 2.38. The van der Waals surface area contributed by atoms with E-state index in [2.05, 4.69) is 18.7 Å². The van der Waals surface area contributed by atoms with Gasteiger partial charge in [0, 0.05) is 11.6 Å². The van der Waals surface area contributed by atoms with E-state index in [1.54, 1.807) is 0 Å². The summed E-state index contributed by atoms with van der Waals surface area (Å²) < 4.78 is 18.6. The van der Waals surface area contributed by atoms with Gasteiger partial charge >= 0.3 is 0 Å². The van der Waals surface area contributed by atoms with Gasteiger partial charge in [0.25, 0.3) is 0 Å². The third-order valence-electron chi connectivity index (χ3n) is 3.90. The van der Waals surface area contributed by atoms with Crippen LogP contribution in [0.15, 0.2) is 0 Å². The van der Waals surface area contributed by atoms with E-state index < -0.39 is 0 Å². The van der Waals surface area contributed by atoms with Crippen LogP contribution in [0.1, 0.15) is 39.5 Å². The molecule has 2 aliphatic rings. The maximum atomic E-state index is 12.8. The first-order valence-corrected chi connectivity index (χ1v) is 6.12. The van der Waals surface area contributed by atoms with Crippen molar-refractivity contribution in [3.8, 4) is 0 Å². The van der Waals surface area contributed by atoms with E-state index in [1.807, 2.05) is 0 Å². The summed E-state index contributed by atoms with van der Waals surface area (Å²) >= 11 is 0. The van der Waals surface area contributed by atoms with Crippen LogP contribution in [0.25, 0.3) is 0 Å². The minimum absolute atomic E-state index is 0.170. The molecule has 0 radical (unpaired) electrons. The van der Waals surface area contributed by atoms with Crippen molar-refractivity contribution in [3.63, 3.8) is 0 Å². The van der Waals surface area contributed by atoms with E-state index >= 15 is 0 Å². The summed E-state index contributed by atoms with van der Waals surface area (Å²) in [7, 11) is 0. The minimum atomic E-state index is -0.191. The van der Waals surface area contributed by atoms with Crippen LogP contribution in [0.4, 0.5) is 4.39 Å². The maximum Gasteiger partial charge on any atom is 0.105 e. The van der Waals surface area contributed by atoms with Gasteiger partial charge in [0.05, 0.1) is 12.7 Å². The van der Waals surface area contributed by atoms with Crippen molar-refractivity contribution >= 4 is 0 Å². The molecule has 3 heteroatoms. The summed E-state index contributed by atoms with van der Waals surface area (Å²) in [5.41, 5.74) is 0.182. The smallest absolute Gasteiger partial charge is 0.105 e. The highest BCUT2D eigenvalue weighted by atomic mass is 19.1. The zero-order chi connectivity index (χ0) is 10.9. The van der Waals surface area contributed by atoms with Gasteiger partial charge in [-0.1, -0.05) is 0 Å². The van der Waals surface area contributed by atoms with Crippen LogP contribution < -0.4 is 0 Å². The standard InChI is InChI=1S/C12H22FNO/c1-10(2)15-9-12-5-3-7-14(12)11(8-13)4-6-12/h10-11H,3-9H2,1-2H3/t11-,12-/m0/s1. The lowest BCUT2D eigenvalue weighted by Gasteiger charge is -2.34. The second kappa shape index (κ2) is 4.38. The molecule has 2 rings (SSSR count). The molecule has 15 heavy (non-hydrogen) atoms. The molecule has 0 aromatic rings. The second-order valence-corrected chi connectivity index (χ2v) is 5.23. The lowest BCUT2D eigenvalue weighted by Crippen LogP contribution is -2.46. The number of ether oxygens (including phenoxy) is 1. The Hall–Kier alpha value is -0.150. The van der Waals surface area contributed by atoms with Gasteiger partial charge in [0.15, 0.2) is 0 Å². The molecule has 2 atom stereocenters. The second-order valence-electron chi connectivity index (χ2n) is 5.23. The Morgan fingerprint density at radius 1 is 1.47 bits per heavy atom. The molecule has 0 aromatic carbocycles. The van der Waals surface area contributed by atoms with Crippen LogP contribution in [0.3, 0.4) is 0 Å². The van der Waals surface area contributed by atoms with Gasteiger partial charge in [-0.2, -0.15) is 0 Å². The quantitative estimate of drug-likeness (QED) is 0.714. The maximum absolute atomic E-state index is 12.8. The zero-order valence-electron chi connectivity index (χ0n) is 9.84. The summed E-state index contributed by atoms with van der Waals surface area (Å²) in [6, 6.07) is 0.170. The highest BCUT2D eigenvalue weighted by Crippen LogP contribution is 2.42. The monoisotopic (exact) mass is 215 g/mol. The first kappa shape index (κ1) is 11.3. The summed E-state index contributed by atoms with van der Waals surface area (Å²) in [5, 5.41) is 0. The first-order chi connectivity index (χ1) is 7.18. The number of hydrogen-bond acceptors (Lipinski definition) is 2. The molecule has 2 nitrogen and oxygen atoms in total. The number of halogens is 1. The fourth-order valence-corrected chi connectivity index (χ4v) is 3.10. The number of alkyl halides is 1. The minimum Gasteiger partial charge on any atom is -0.377 e. The average molecular weight is 215 g/mol. The molecule has 0 bridgehead atoms. The summed E-state index contributed by atoms with van der Waals surface area (Å²) in [5.74, 6) is 0. The number of rotatable bonds is 4. The van der Waals surface area contributed by atoms with Crippen molar-refractivity contribution in [2.45, 2.75) is 57.2 Å². The van der Waals surface area contributed by atoms with Crippen LogP contribution in [-0.2, 0) is 4.74 Å². The highest BCUT2D eigenvalue weighted by Gasteiger charge is 2.49.